The van der Waals surface area contributed by atoms with E-state index >= 15 is 0 Å². The smallest absolute Gasteiger partial charge is 0.271 e. The van der Waals surface area contributed by atoms with Crippen molar-refractivity contribution in [2.24, 2.45) is 5.73 Å². The second-order valence-corrected chi connectivity index (χ2v) is 2.49. The number of H-pyrrole nitrogens is 1. The van der Waals surface area contributed by atoms with Crippen LogP contribution >= 0.6 is 0 Å². The monoisotopic (exact) mass is 178 g/mol. The molecule has 0 saturated carbocycles. The van der Waals surface area contributed by atoms with Gasteiger partial charge in [-0.1, -0.05) is 0 Å². The van der Waals surface area contributed by atoms with Gasteiger partial charge in [-0.25, -0.2) is 0 Å². The van der Waals surface area contributed by atoms with E-state index < -0.39 is 5.91 Å². The molecule has 0 spiro atoms. The number of aromatic nitrogens is 4. The number of nitrogens with one attached hydrogen (secondary N) is 1. The van der Waals surface area contributed by atoms with Crippen molar-refractivity contribution in [1.29, 1.82) is 0 Å². The van der Waals surface area contributed by atoms with Crippen molar-refractivity contribution in [3.63, 3.8) is 0 Å². The maximum absolute atomic E-state index is 10.9. The van der Waals surface area contributed by atoms with Gasteiger partial charge in [0, 0.05) is 6.07 Å². The number of aromatic amines is 1. The van der Waals surface area contributed by atoms with E-state index in [1.165, 1.54) is 0 Å². The minimum absolute atomic E-state index is 0.0432. The minimum Gasteiger partial charge on any atom is -0.385 e. The zero-order valence-corrected chi connectivity index (χ0v) is 6.48. The standard InChI is InChI=1S/C6H6N6O/c7-3-1-2-4(9-3)5(6(8)13)11-12-10-2/h1,9H,7H2,(H2,8,13). The molecule has 66 valence electrons. The SMILES string of the molecule is NC(=O)c1nnnc2cc(N)[nH]c12. The van der Waals surface area contributed by atoms with Crippen molar-refractivity contribution in [3.8, 4) is 0 Å². The quantitative estimate of drug-likeness (QED) is 0.518. The van der Waals surface area contributed by atoms with Gasteiger partial charge in [0.1, 0.15) is 16.9 Å². The highest BCUT2D eigenvalue weighted by atomic mass is 16.1. The third-order valence-electron chi connectivity index (χ3n) is 1.59. The van der Waals surface area contributed by atoms with Gasteiger partial charge in [-0.3, -0.25) is 4.79 Å². The molecule has 0 atom stereocenters. The molecule has 0 aliphatic carbocycles. The fourth-order valence-electron chi connectivity index (χ4n) is 1.06. The number of primary amides is 1. The summed E-state index contributed by atoms with van der Waals surface area (Å²) in [5, 5.41) is 10.5. The zero-order chi connectivity index (χ0) is 9.42. The Morgan fingerprint density at radius 1 is 1.46 bits per heavy atom. The number of nitrogen functional groups attached to an aromatic ring is 1. The molecule has 0 unspecified atom stereocenters. The van der Waals surface area contributed by atoms with Crippen LogP contribution in [-0.4, -0.2) is 26.3 Å². The van der Waals surface area contributed by atoms with Crippen LogP contribution in [0.25, 0.3) is 11.0 Å². The lowest BCUT2D eigenvalue weighted by Gasteiger charge is -1.92. The van der Waals surface area contributed by atoms with Gasteiger partial charge in [0.05, 0.1) is 0 Å². The van der Waals surface area contributed by atoms with Gasteiger partial charge in [-0.2, -0.15) is 0 Å². The molecule has 2 rings (SSSR count). The van der Waals surface area contributed by atoms with Crippen molar-refractivity contribution in [2.75, 3.05) is 5.73 Å². The number of anilines is 1. The second-order valence-electron chi connectivity index (χ2n) is 2.49. The predicted molar refractivity (Wildman–Crippen MR) is 44.6 cm³/mol. The summed E-state index contributed by atoms with van der Waals surface area (Å²) in [6.07, 6.45) is 0. The van der Waals surface area contributed by atoms with Crippen LogP contribution in [0, 0.1) is 0 Å². The molecular weight excluding hydrogens is 172 g/mol. The number of hydrogen-bond donors (Lipinski definition) is 3. The maximum atomic E-state index is 10.9. The molecule has 2 heterocycles. The van der Waals surface area contributed by atoms with E-state index in [2.05, 4.69) is 20.4 Å². The fourth-order valence-corrected chi connectivity index (χ4v) is 1.06. The van der Waals surface area contributed by atoms with Crippen LogP contribution in [0.2, 0.25) is 0 Å². The third-order valence-corrected chi connectivity index (χ3v) is 1.59. The Bertz CT molecular complexity index is 475. The molecule has 0 saturated heterocycles. The Labute approximate surface area is 72.1 Å². The first kappa shape index (κ1) is 7.47. The lowest BCUT2D eigenvalue weighted by atomic mass is 10.3. The van der Waals surface area contributed by atoms with Gasteiger partial charge in [0.2, 0.25) is 0 Å². The van der Waals surface area contributed by atoms with Gasteiger partial charge >= 0.3 is 0 Å². The molecule has 7 nitrogen and oxygen atoms in total. The number of hydrogen-bond acceptors (Lipinski definition) is 5. The first-order valence-corrected chi connectivity index (χ1v) is 3.46. The normalized spacial score (nSPS) is 10.5. The Kier molecular flexibility index (Phi) is 1.38. The van der Waals surface area contributed by atoms with Crippen LogP contribution in [0.4, 0.5) is 5.82 Å². The molecule has 0 bridgehead atoms. The van der Waals surface area contributed by atoms with Crippen LogP contribution in [0.5, 0.6) is 0 Å². The number of amides is 1. The van der Waals surface area contributed by atoms with Crippen molar-refractivity contribution >= 4 is 22.8 Å². The van der Waals surface area contributed by atoms with E-state index in [1.54, 1.807) is 6.07 Å². The molecule has 5 N–H and O–H groups in total. The van der Waals surface area contributed by atoms with Crippen molar-refractivity contribution < 1.29 is 4.79 Å². The molecule has 2 aromatic rings. The lowest BCUT2D eigenvalue weighted by Crippen LogP contribution is -2.15. The Hall–Kier alpha value is -2.18. The fraction of sp³-hybridized carbons (Fsp3) is 0. The molecule has 0 aliphatic heterocycles. The van der Waals surface area contributed by atoms with E-state index in [4.69, 9.17) is 11.5 Å². The van der Waals surface area contributed by atoms with E-state index in [0.717, 1.165) is 0 Å². The summed E-state index contributed by atoms with van der Waals surface area (Å²) in [5.41, 5.74) is 11.4. The van der Waals surface area contributed by atoms with Gasteiger partial charge in [0.15, 0.2) is 5.69 Å². The van der Waals surface area contributed by atoms with Gasteiger partial charge in [0.25, 0.3) is 5.91 Å². The summed E-state index contributed by atoms with van der Waals surface area (Å²) >= 11 is 0. The highest BCUT2D eigenvalue weighted by Crippen LogP contribution is 2.14. The van der Waals surface area contributed by atoms with Gasteiger partial charge in [-0.05, 0) is 5.21 Å². The third kappa shape index (κ3) is 1.06. The van der Waals surface area contributed by atoms with Crippen LogP contribution in [0.15, 0.2) is 6.07 Å². The minimum atomic E-state index is -0.665. The van der Waals surface area contributed by atoms with E-state index in [1.807, 2.05) is 0 Å². The summed E-state index contributed by atoms with van der Waals surface area (Å²) in [6, 6.07) is 1.55. The molecule has 0 aliphatic rings. The Morgan fingerprint density at radius 3 is 2.92 bits per heavy atom. The van der Waals surface area contributed by atoms with E-state index in [9.17, 15) is 4.79 Å². The summed E-state index contributed by atoms with van der Waals surface area (Å²) in [4.78, 5) is 13.6. The zero-order valence-electron chi connectivity index (χ0n) is 6.48. The summed E-state index contributed by atoms with van der Waals surface area (Å²) in [5.74, 6) is -0.276. The average Bonchev–Trinajstić information content (AvgIpc) is 2.43. The van der Waals surface area contributed by atoms with Crippen molar-refractivity contribution in [2.45, 2.75) is 0 Å². The highest BCUT2D eigenvalue weighted by molar-refractivity contribution is 6.02. The van der Waals surface area contributed by atoms with Crippen molar-refractivity contribution in [3.05, 3.63) is 11.8 Å². The molecular formula is C6H6N6O. The largest absolute Gasteiger partial charge is 0.385 e. The number of fused-ring (bicyclic) bond motifs is 1. The van der Waals surface area contributed by atoms with Gasteiger partial charge < -0.3 is 16.5 Å². The number of carbonyl (C=O) groups excluding carboxylic acids is 1. The Morgan fingerprint density at radius 2 is 2.23 bits per heavy atom. The van der Waals surface area contributed by atoms with Gasteiger partial charge in [-0.15, -0.1) is 10.2 Å². The number of rotatable bonds is 1. The Balaban J connectivity index is 2.82. The first-order chi connectivity index (χ1) is 6.18. The molecule has 13 heavy (non-hydrogen) atoms. The molecule has 0 radical (unpaired) electrons. The molecule has 7 heteroatoms. The van der Waals surface area contributed by atoms with E-state index in [0.29, 0.717) is 16.9 Å². The first-order valence-electron chi connectivity index (χ1n) is 3.46. The summed E-state index contributed by atoms with van der Waals surface area (Å²) < 4.78 is 0. The van der Waals surface area contributed by atoms with Crippen LogP contribution in [0.3, 0.4) is 0 Å². The lowest BCUT2D eigenvalue weighted by molar-refractivity contribution is 0.0996. The number of nitrogens with two attached hydrogens (primary N) is 2. The van der Waals surface area contributed by atoms with Crippen molar-refractivity contribution in [1.82, 2.24) is 20.4 Å². The molecule has 0 fully saturated rings. The van der Waals surface area contributed by atoms with E-state index in [-0.39, 0.29) is 5.69 Å². The second kappa shape index (κ2) is 2.41. The molecule has 1 amide bonds. The van der Waals surface area contributed by atoms with Crippen LogP contribution < -0.4 is 11.5 Å². The summed E-state index contributed by atoms with van der Waals surface area (Å²) in [6.45, 7) is 0. The topological polar surface area (TPSA) is 124 Å². The average molecular weight is 178 g/mol. The number of carbonyl (C=O) groups is 1. The van der Waals surface area contributed by atoms with Crippen LogP contribution in [0.1, 0.15) is 10.5 Å². The van der Waals surface area contributed by atoms with Crippen LogP contribution in [-0.2, 0) is 0 Å². The maximum Gasteiger partial charge on any atom is 0.271 e. The predicted octanol–water partition coefficient (Wildman–Crippen LogP) is -0.966. The highest BCUT2D eigenvalue weighted by Gasteiger charge is 2.11. The number of nitrogens with zero attached hydrogens (tertiary/aromatic N) is 3. The molecule has 2 aromatic heterocycles. The molecule has 0 aromatic carbocycles. The summed E-state index contributed by atoms with van der Waals surface area (Å²) in [7, 11) is 0.